The maximum atomic E-state index is 9.94. The Bertz CT molecular complexity index is 380. The molecule has 2 aliphatic rings. The molecule has 8 N–H and O–H groups in total. The lowest BCUT2D eigenvalue weighted by molar-refractivity contribution is -0.361. The van der Waals surface area contributed by atoms with Crippen LogP contribution in [0.1, 0.15) is 0 Å². The van der Waals surface area contributed by atoms with Gasteiger partial charge in [-0.25, -0.2) is 0 Å². The zero-order valence-corrected chi connectivity index (χ0v) is 12.0. The van der Waals surface area contributed by atoms with Crippen molar-refractivity contribution in [2.24, 2.45) is 0 Å². The molecular formula is C12H22O11. The Morgan fingerprint density at radius 2 is 1.17 bits per heavy atom. The zero-order valence-electron chi connectivity index (χ0n) is 12.0. The summed E-state index contributed by atoms with van der Waals surface area (Å²) in [7, 11) is 0. The van der Waals surface area contributed by atoms with Crippen LogP contribution in [-0.4, -0.2) is 115 Å². The molecule has 0 radical (unpaired) electrons. The van der Waals surface area contributed by atoms with Crippen LogP contribution in [0.25, 0.3) is 0 Å². The van der Waals surface area contributed by atoms with Gasteiger partial charge in [0.2, 0.25) is 0 Å². The summed E-state index contributed by atoms with van der Waals surface area (Å²) in [6, 6.07) is 0. The molecule has 1 unspecified atom stereocenters. The average molecular weight is 342 g/mol. The molecule has 23 heavy (non-hydrogen) atoms. The predicted octanol–water partition coefficient (Wildman–Crippen LogP) is -5.40. The van der Waals surface area contributed by atoms with Gasteiger partial charge in [-0.1, -0.05) is 0 Å². The molecule has 11 nitrogen and oxygen atoms in total. The Morgan fingerprint density at radius 3 is 1.74 bits per heavy atom. The summed E-state index contributed by atoms with van der Waals surface area (Å²) in [6.45, 7) is -1.33. The van der Waals surface area contributed by atoms with Crippen LogP contribution in [0.3, 0.4) is 0 Å². The third-order valence-electron chi connectivity index (χ3n) is 3.98. The van der Waals surface area contributed by atoms with Crippen LogP contribution in [-0.2, 0) is 14.2 Å². The third-order valence-corrected chi connectivity index (χ3v) is 3.98. The van der Waals surface area contributed by atoms with Crippen LogP contribution in [0.5, 0.6) is 0 Å². The Kier molecular flexibility index (Phi) is 6.27. The highest BCUT2D eigenvalue weighted by atomic mass is 16.7. The SMILES string of the molecule is OC[C@H]1O[C@H](O[C@H]2C(O)O[C@H](CO)[C@@H](O)[C@@H]2O)[C@@H](O)[C@@H](O)[C@@H]1O. The molecule has 2 fully saturated rings. The smallest absolute Gasteiger partial charge is 0.187 e. The number of ether oxygens (including phenoxy) is 3. The Hall–Kier alpha value is -0.440. The highest BCUT2D eigenvalue weighted by molar-refractivity contribution is 4.93. The van der Waals surface area contributed by atoms with E-state index in [1.165, 1.54) is 0 Å². The number of aliphatic hydroxyl groups is 8. The van der Waals surface area contributed by atoms with E-state index in [0.717, 1.165) is 0 Å². The molecule has 0 aliphatic carbocycles. The molecule has 0 amide bonds. The molecule has 0 aromatic heterocycles. The predicted molar refractivity (Wildman–Crippen MR) is 68.6 cm³/mol. The number of aliphatic hydroxyl groups excluding tert-OH is 8. The highest BCUT2D eigenvalue weighted by Gasteiger charge is 2.50. The standard InChI is InChI=1S/C12H22O11/c13-1-3-6(16)8(18)10(11(20)21-3)23-12-9(19)7(17)5(15)4(2-14)22-12/h3-20H,1-2H2/t3-,4-,5-,6-,7+,8+,9+,10-,11?,12-/m1/s1. The van der Waals surface area contributed by atoms with Crippen molar-refractivity contribution in [2.75, 3.05) is 13.2 Å². The summed E-state index contributed by atoms with van der Waals surface area (Å²) in [6.07, 6.45) is -15.6. The van der Waals surface area contributed by atoms with Gasteiger partial charge in [0.25, 0.3) is 0 Å². The van der Waals surface area contributed by atoms with Gasteiger partial charge in [0.15, 0.2) is 12.6 Å². The second kappa shape index (κ2) is 7.63. The summed E-state index contributed by atoms with van der Waals surface area (Å²) < 4.78 is 15.1. The lowest BCUT2D eigenvalue weighted by atomic mass is 9.97. The Balaban J connectivity index is 2.08. The van der Waals surface area contributed by atoms with E-state index in [2.05, 4.69) is 0 Å². The zero-order chi connectivity index (χ0) is 17.3. The van der Waals surface area contributed by atoms with Crippen LogP contribution in [0.4, 0.5) is 0 Å². The first-order chi connectivity index (χ1) is 10.8. The molecule has 10 atom stereocenters. The average Bonchev–Trinajstić information content (AvgIpc) is 2.54. The van der Waals surface area contributed by atoms with Gasteiger partial charge in [0, 0.05) is 0 Å². The fraction of sp³-hybridized carbons (Fsp3) is 1.00. The van der Waals surface area contributed by atoms with Crippen LogP contribution in [0, 0.1) is 0 Å². The normalized spacial score (nSPS) is 51.7. The van der Waals surface area contributed by atoms with Crippen molar-refractivity contribution in [3.63, 3.8) is 0 Å². The molecule has 0 bridgehead atoms. The molecule has 2 aliphatic heterocycles. The van der Waals surface area contributed by atoms with E-state index in [4.69, 9.17) is 24.4 Å². The van der Waals surface area contributed by atoms with Gasteiger partial charge in [-0.15, -0.1) is 0 Å². The first-order valence-corrected chi connectivity index (χ1v) is 7.08. The summed E-state index contributed by atoms with van der Waals surface area (Å²) in [4.78, 5) is 0. The number of hydrogen-bond acceptors (Lipinski definition) is 11. The van der Waals surface area contributed by atoms with Gasteiger partial charge in [-0.2, -0.15) is 0 Å². The summed E-state index contributed by atoms with van der Waals surface area (Å²) in [5.74, 6) is 0. The molecule has 0 aromatic rings. The molecule has 11 heteroatoms. The lowest BCUT2D eigenvalue weighted by Gasteiger charge is -2.44. The largest absolute Gasteiger partial charge is 0.394 e. The molecule has 136 valence electrons. The molecule has 0 spiro atoms. The maximum Gasteiger partial charge on any atom is 0.187 e. The molecule has 0 saturated carbocycles. The molecule has 2 saturated heterocycles. The first kappa shape index (κ1) is 18.9. The van der Waals surface area contributed by atoms with Crippen molar-refractivity contribution in [3.8, 4) is 0 Å². The van der Waals surface area contributed by atoms with Gasteiger partial charge in [-0.3, -0.25) is 0 Å². The van der Waals surface area contributed by atoms with E-state index in [1.54, 1.807) is 0 Å². The maximum absolute atomic E-state index is 9.94. The minimum Gasteiger partial charge on any atom is -0.394 e. The van der Waals surface area contributed by atoms with Crippen LogP contribution < -0.4 is 0 Å². The quantitative estimate of drug-likeness (QED) is 0.243. The minimum atomic E-state index is -1.75. The monoisotopic (exact) mass is 342 g/mol. The van der Waals surface area contributed by atoms with Crippen molar-refractivity contribution in [2.45, 2.75) is 61.4 Å². The Labute approximate surface area is 130 Å². The van der Waals surface area contributed by atoms with E-state index in [9.17, 15) is 30.6 Å². The van der Waals surface area contributed by atoms with Crippen molar-refractivity contribution in [1.82, 2.24) is 0 Å². The van der Waals surface area contributed by atoms with E-state index < -0.39 is 74.6 Å². The van der Waals surface area contributed by atoms with Crippen LogP contribution >= 0.6 is 0 Å². The van der Waals surface area contributed by atoms with Crippen molar-refractivity contribution >= 4 is 0 Å². The minimum absolute atomic E-state index is 0.651. The van der Waals surface area contributed by atoms with Crippen molar-refractivity contribution in [1.29, 1.82) is 0 Å². The summed E-state index contributed by atoms with van der Waals surface area (Å²) in [5, 5.41) is 76.7. The molecule has 2 heterocycles. The molecule has 2 rings (SSSR count). The Morgan fingerprint density at radius 1 is 0.652 bits per heavy atom. The number of hydrogen-bond donors (Lipinski definition) is 8. The molecular weight excluding hydrogens is 320 g/mol. The topological polar surface area (TPSA) is 190 Å². The van der Waals surface area contributed by atoms with Gasteiger partial charge in [-0.05, 0) is 0 Å². The van der Waals surface area contributed by atoms with Gasteiger partial charge in [0.1, 0.15) is 48.8 Å². The van der Waals surface area contributed by atoms with Gasteiger partial charge >= 0.3 is 0 Å². The lowest BCUT2D eigenvalue weighted by Crippen LogP contribution is -2.64. The summed E-state index contributed by atoms with van der Waals surface area (Å²) in [5.41, 5.74) is 0. The van der Waals surface area contributed by atoms with Gasteiger partial charge in [0.05, 0.1) is 13.2 Å². The van der Waals surface area contributed by atoms with Crippen LogP contribution in [0.2, 0.25) is 0 Å². The summed E-state index contributed by atoms with van der Waals surface area (Å²) >= 11 is 0. The highest BCUT2D eigenvalue weighted by Crippen LogP contribution is 2.28. The van der Waals surface area contributed by atoms with E-state index in [-0.39, 0.29) is 0 Å². The van der Waals surface area contributed by atoms with Gasteiger partial charge < -0.3 is 55.1 Å². The van der Waals surface area contributed by atoms with E-state index >= 15 is 0 Å². The second-order valence-electron chi connectivity index (χ2n) is 5.53. The van der Waals surface area contributed by atoms with Crippen molar-refractivity contribution < 1.29 is 55.1 Å². The fourth-order valence-electron chi connectivity index (χ4n) is 2.55. The molecule has 0 aromatic carbocycles. The van der Waals surface area contributed by atoms with E-state index in [0.29, 0.717) is 0 Å². The first-order valence-electron chi connectivity index (χ1n) is 7.08. The van der Waals surface area contributed by atoms with Crippen molar-refractivity contribution in [3.05, 3.63) is 0 Å². The number of rotatable bonds is 4. The van der Waals surface area contributed by atoms with Crippen LogP contribution in [0.15, 0.2) is 0 Å². The van der Waals surface area contributed by atoms with E-state index in [1.807, 2.05) is 0 Å². The third kappa shape index (κ3) is 3.65. The second-order valence-corrected chi connectivity index (χ2v) is 5.53. The fourth-order valence-corrected chi connectivity index (χ4v) is 2.55.